The molecule has 1 amide bonds. The van der Waals surface area contributed by atoms with E-state index in [9.17, 15) is 23.1 Å². The molecule has 0 unspecified atom stereocenters. The second kappa shape index (κ2) is 12.9. The topological polar surface area (TPSA) is 145 Å². The molecule has 0 aliphatic rings. The number of carbonyl (C=O) groups excluding carboxylic acids is 1. The number of aryl methyl sites for hydroxylation is 2. The van der Waals surface area contributed by atoms with Crippen molar-refractivity contribution in [3.8, 4) is 11.3 Å². The third-order valence-electron chi connectivity index (χ3n) is 6.47. The molecule has 0 atom stereocenters. The van der Waals surface area contributed by atoms with E-state index in [1.807, 2.05) is 13.0 Å². The molecule has 0 fully saturated rings. The van der Waals surface area contributed by atoms with Crippen molar-refractivity contribution in [3.63, 3.8) is 0 Å². The van der Waals surface area contributed by atoms with Crippen molar-refractivity contribution in [3.05, 3.63) is 59.8 Å². The Morgan fingerprint density at radius 3 is 2.67 bits per heavy atom. The van der Waals surface area contributed by atoms with Gasteiger partial charge < -0.3 is 26.2 Å². The average molecular weight is 589 g/mol. The highest BCUT2D eigenvalue weighted by Gasteiger charge is 2.38. The molecule has 3 heterocycles. The Labute approximate surface area is 240 Å². The number of alkyl halides is 3. The van der Waals surface area contributed by atoms with Gasteiger partial charge in [0, 0.05) is 49.5 Å². The molecule has 14 heteroatoms. The first kappa shape index (κ1) is 30.9. The predicted molar refractivity (Wildman–Crippen MR) is 151 cm³/mol. The van der Waals surface area contributed by atoms with Crippen molar-refractivity contribution in [1.29, 1.82) is 0 Å². The number of benzene rings is 1. The number of amides is 1. The van der Waals surface area contributed by atoms with E-state index < -0.39 is 17.5 Å². The predicted octanol–water partition coefficient (Wildman–Crippen LogP) is 3.78. The van der Waals surface area contributed by atoms with Gasteiger partial charge >= 0.3 is 6.18 Å². The number of hydrogen-bond acceptors (Lipinski definition) is 8. The van der Waals surface area contributed by atoms with Gasteiger partial charge in [-0.25, -0.2) is 9.97 Å². The molecule has 0 saturated carbocycles. The number of fused-ring (bicyclic) bond motifs is 1. The monoisotopic (exact) mass is 588 g/mol. The van der Waals surface area contributed by atoms with Crippen LogP contribution < -0.4 is 16.4 Å². The largest absolute Gasteiger partial charge is 0.435 e. The van der Waals surface area contributed by atoms with Crippen LogP contribution in [-0.4, -0.2) is 67.1 Å². The fourth-order valence-corrected chi connectivity index (χ4v) is 4.37. The summed E-state index contributed by atoms with van der Waals surface area (Å²) in [6.45, 7) is 6.75. The summed E-state index contributed by atoms with van der Waals surface area (Å²) >= 11 is 0. The molecule has 3 aromatic heterocycles. The minimum atomic E-state index is -4.70. The second-order valence-corrected chi connectivity index (χ2v) is 10.3. The van der Waals surface area contributed by atoms with Gasteiger partial charge in [0.25, 0.3) is 5.91 Å². The van der Waals surface area contributed by atoms with Crippen LogP contribution in [0.25, 0.3) is 16.9 Å². The number of imidazole rings is 1. The van der Waals surface area contributed by atoms with Crippen LogP contribution >= 0.6 is 0 Å². The summed E-state index contributed by atoms with van der Waals surface area (Å²) in [5.41, 5.74) is 5.61. The molecule has 0 saturated heterocycles. The number of rotatable bonds is 13. The van der Waals surface area contributed by atoms with Crippen molar-refractivity contribution in [1.82, 2.24) is 29.5 Å². The maximum atomic E-state index is 14.0. The third-order valence-corrected chi connectivity index (χ3v) is 6.47. The first-order valence-electron chi connectivity index (χ1n) is 13.6. The van der Waals surface area contributed by atoms with E-state index in [1.54, 1.807) is 26.0 Å². The number of halogens is 3. The number of carbonyl (C=O) groups is 1. The maximum absolute atomic E-state index is 14.0. The van der Waals surface area contributed by atoms with E-state index in [0.29, 0.717) is 55.4 Å². The number of hydrogen-bond donors (Lipinski definition) is 4. The van der Waals surface area contributed by atoms with E-state index in [-0.39, 0.29) is 30.1 Å². The fraction of sp³-hybridized carbons (Fsp3) is 0.429. The van der Waals surface area contributed by atoms with Gasteiger partial charge in [-0.3, -0.25) is 13.9 Å². The summed E-state index contributed by atoms with van der Waals surface area (Å²) in [5, 5.41) is 19.8. The summed E-state index contributed by atoms with van der Waals surface area (Å²) < 4.78 is 49.9. The lowest BCUT2D eigenvalue weighted by atomic mass is 10.0. The van der Waals surface area contributed by atoms with Gasteiger partial charge in [-0.1, -0.05) is 6.92 Å². The molecule has 0 spiro atoms. The molecule has 1 aromatic carbocycles. The highest BCUT2D eigenvalue weighted by atomic mass is 19.4. The van der Waals surface area contributed by atoms with E-state index in [1.165, 1.54) is 33.9 Å². The molecular weight excluding hydrogens is 553 g/mol. The Hall–Kier alpha value is -4.01. The Balaban J connectivity index is 1.59. The van der Waals surface area contributed by atoms with E-state index >= 15 is 0 Å². The molecule has 0 bridgehead atoms. The summed E-state index contributed by atoms with van der Waals surface area (Å²) in [7, 11) is 0. The lowest BCUT2D eigenvalue weighted by Gasteiger charge is -2.16. The zero-order chi connectivity index (χ0) is 30.5. The molecule has 0 aliphatic heterocycles. The van der Waals surface area contributed by atoms with Crippen molar-refractivity contribution >= 4 is 23.1 Å². The molecule has 4 rings (SSSR count). The smallest absolute Gasteiger partial charge is 0.390 e. The first-order valence-corrected chi connectivity index (χ1v) is 13.6. The first-order chi connectivity index (χ1) is 19.9. The van der Waals surface area contributed by atoms with Crippen LogP contribution in [0.2, 0.25) is 0 Å². The van der Waals surface area contributed by atoms with E-state index in [4.69, 9.17) is 10.5 Å². The average Bonchev–Trinajstić information content (AvgIpc) is 3.56. The van der Waals surface area contributed by atoms with Gasteiger partial charge in [0.1, 0.15) is 0 Å². The van der Waals surface area contributed by atoms with Crippen LogP contribution in [0.4, 0.5) is 24.7 Å². The molecule has 5 N–H and O–H groups in total. The van der Waals surface area contributed by atoms with Crippen molar-refractivity contribution in [2.24, 2.45) is 5.73 Å². The Bertz CT molecular complexity index is 1530. The zero-order valence-electron chi connectivity index (χ0n) is 23.7. The van der Waals surface area contributed by atoms with Crippen LogP contribution in [0, 0.1) is 0 Å². The zero-order valence-corrected chi connectivity index (χ0v) is 23.7. The Morgan fingerprint density at radius 2 is 1.98 bits per heavy atom. The molecule has 226 valence electrons. The standard InChI is InChI=1S/C28H35F3N8O3/c1-4-18-15-19(5-6-20(18)26(40)34-10-14-42-13-8-32)36-24-25-35-16-22(39(25)12-9-33-24)21-17-38(11-7-27(2,3)41)37-23(21)28(29,30)31/h5-6,9,12,15-17,41H,4,7-8,10-11,13-14,32H2,1-3H3,(H,33,36)(H,34,40). The lowest BCUT2D eigenvalue weighted by Crippen LogP contribution is -2.28. The van der Waals surface area contributed by atoms with E-state index in [2.05, 4.69) is 25.7 Å². The van der Waals surface area contributed by atoms with Gasteiger partial charge in [-0.15, -0.1) is 0 Å². The van der Waals surface area contributed by atoms with Crippen LogP contribution in [0.5, 0.6) is 0 Å². The Kier molecular flexibility index (Phi) is 9.49. The fourth-order valence-electron chi connectivity index (χ4n) is 4.37. The normalized spacial score (nSPS) is 12.2. The maximum Gasteiger partial charge on any atom is 0.435 e. The molecule has 0 aliphatic carbocycles. The van der Waals surface area contributed by atoms with Crippen LogP contribution in [-0.2, 0) is 23.9 Å². The molecule has 42 heavy (non-hydrogen) atoms. The Morgan fingerprint density at radius 1 is 1.19 bits per heavy atom. The molecule has 4 aromatic rings. The van der Waals surface area contributed by atoms with Gasteiger partial charge in [-0.05, 0) is 50.5 Å². The van der Waals surface area contributed by atoms with Gasteiger partial charge in [0.15, 0.2) is 17.2 Å². The van der Waals surface area contributed by atoms with Gasteiger partial charge in [-0.2, -0.15) is 18.3 Å². The van der Waals surface area contributed by atoms with Crippen molar-refractivity contribution in [2.45, 2.75) is 51.9 Å². The van der Waals surface area contributed by atoms with Crippen LogP contribution in [0.15, 0.2) is 43.0 Å². The summed E-state index contributed by atoms with van der Waals surface area (Å²) in [5.74, 6) is 0.0967. The number of nitrogens with two attached hydrogens (primary N) is 1. The highest BCUT2D eigenvalue weighted by molar-refractivity contribution is 5.96. The SMILES string of the molecule is CCc1cc(Nc2nccn3c(-c4cn(CCC(C)(C)O)nc4C(F)(F)F)cnc23)ccc1C(=O)NCCOCCN. The van der Waals surface area contributed by atoms with Gasteiger partial charge in [0.2, 0.25) is 0 Å². The number of ether oxygens (including phenoxy) is 1. The van der Waals surface area contributed by atoms with E-state index in [0.717, 1.165) is 5.56 Å². The number of nitrogens with zero attached hydrogens (tertiary/aromatic N) is 5. The second-order valence-electron chi connectivity index (χ2n) is 10.3. The molecule has 0 radical (unpaired) electrons. The minimum absolute atomic E-state index is 0.105. The van der Waals surface area contributed by atoms with Crippen LogP contribution in [0.1, 0.15) is 48.8 Å². The van der Waals surface area contributed by atoms with Crippen molar-refractivity contribution in [2.75, 3.05) is 31.6 Å². The third kappa shape index (κ3) is 7.43. The summed E-state index contributed by atoms with van der Waals surface area (Å²) in [4.78, 5) is 21.4. The lowest BCUT2D eigenvalue weighted by molar-refractivity contribution is -0.141. The summed E-state index contributed by atoms with van der Waals surface area (Å²) in [6.07, 6.45) is 1.76. The molecule has 11 nitrogen and oxygen atoms in total. The quantitative estimate of drug-likeness (QED) is 0.173. The number of nitrogens with one attached hydrogen (secondary N) is 2. The minimum Gasteiger partial charge on any atom is -0.390 e. The molecular formula is C28H35F3N8O3. The summed E-state index contributed by atoms with van der Waals surface area (Å²) in [6, 6.07) is 5.25. The highest BCUT2D eigenvalue weighted by Crippen LogP contribution is 2.37. The number of aromatic nitrogens is 5. The number of aliphatic hydroxyl groups is 1. The van der Waals surface area contributed by atoms with Crippen molar-refractivity contribution < 1.29 is 27.8 Å². The number of anilines is 2. The van der Waals surface area contributed by atoms with Crippen LogP contribution in [0.3, 0.4) is 0 Å². The van der Waals surface area contributed by atoms with Gasteiger partial charge in [0.05, 0.1) is 36.3 Å².